The van der Waals surface area contributed by atoms with Gasteiger partial charge in [0, 0.05) is 28.1 Å². The van der Waals surface area contributed by atoms with E-state index in [-0.39, 0.29) is 28.6 Å². The molecule has 2 N–H and O–H groups in total. The first-order valence-corrected chi connectivity index (χ1v) is 8.76. The summed E-state index contributed by atoms with van der Waals surface area (Å²) in [6.07, 6.45) is -0.0488. The van der Waals surface area contributed by atoms with Gasteiger partial charge in [0.2, 0.25) is 5.91 Å². The number of halogens is 2. The number of nitrogens with one attached hydrogen (secondary N) is 2. The van der Waals surface area contributed by atoms with Gasteiger partial charge in [-0.2, -0.15) is 5.10 Å². The highest BCUT2D eigenvalue weighted by molar-refractivity contribution is 6.33. The second-order valence-corrected chi connectivity index (χ2v) is 6.71. The van der Waals surface area contributed by atoms with Crippen LogP contribution in [0.4, 0.5) is 11.4 Å². The van der Waals surface area contributed by atoms with Crippen molar-refractivity contribution in [2.75, 3.05) is 5.32 Å². The summed E-state index contributed by atoms with van der Waals surface area (Å²) in [5.74, 6) is -0.935. The minimum absolute atomic E-state index is 0.0488. The fourth-order valence-corrected chi connectivity index (χ4v) is 2.58. The number of benzene rings is 2. The summed E-state index contributed by atoms with van der Waals surface area (Å²) in [5.41, 5.74) is 3.89. The lowest BCUT2D eigenvalue weighted by Crippen LogP contribution is -2.21. The van der Waals surface area contributed by atoms with Crippen molar-refractivity contribution in [2.45, 2.75) is 20.3 Å². The van der Waals surface area contributed by atoms with Crippen molar-refractivity contribution in [3.05, 3.63) is 67.7 Å². The van der Waals surface area contributed by atoms with Crippen molar-refractivity contribution < 1.29 is 14.5 Å². The lowest BCUT2D eigenvalue weighted by Gasteiger charge is -2.07. The van der Waals surface area contributed by atoms with E-state index in [0.29, 0.717) is 16.4 Å². The molecule has 0 unspecified atom stereocenters. The molecule has 2 aromatic carbocycles. The van der Waals surface area contributed by atoms with Crippen molar-refractivity contribution in [1.29, 1.82) is 0 Å². The topological polar surface area (TPSA) is 114 Å². The number of hydrogen-bond acceptors (Lipinski definition) is 5. The van der Waals surface area contributed by atoms with Crippen LogP contribution in [0.3, 0.4) is 0 Å². The molecule has 0 saturated carbocycles. The average molecular weight is 423 g/mol. The maximum atomic E-state index is 12.1. The van der Waals surface area contributed by atoms with Gasteiger partial charge in [-0.05, 0) is 43.7 Å². The summed E-state index contributed by atoms with van der Waals surface area (Å²) >= 11 is 11.8. The minimum atomic E-state index is -0.647. The summed E-state index contributed by atoms with van der Waals surface area (Å²) in [7, 11) is 0. The Labute approximate surface area is 170 Å². The first-order chi connectivity index (χ1) is 13.2. The highest BCUT2D eigenvalue weighted by Gasteiger charge is 2.15. The number of nitrogens with zero attached hydrogens (tertiary/aromatic N) is 2. The van der Waals surface area contributed by atoms with Crippen molar-refractivity contribution in [2.24, 2.45) is 5.10 Å². The molecule has 0 aliphatic carbocycles. The predicted octanol–water partition coefficient (Wildman–Crippen LogP) is 4.34. The van der Waals surface area contributed by atoms with Crippen LogP contribution in [0, 0.1) is 17.0 Å². The van der Waals surface area contributed by atoms with Crippen LogP contribution in [-0.2, 0) is 4.79 Å². The minimum Gasteiger partial charge on any atom is -0.326 e. The van der Waals surface area contributed by atoms with E-state index in [9.17, 15) is 19.7 Å². The molecule has 0 spiro atoms. The Bertz CT molecular complexity index is 976. The molecule has 8 nitrogen and oxygen atoms in total. The van der Waals surface area contributed by atoms with E-state index in [1.54, 1.807) is 25.1 Å². The monoisotopic (exact) mass is 422 g/mol. The highest BCUT2D eigenvalue weighted by atomic mass is 35.5. The Kier molecular flexibility index (Phi) is 7.08. The second kappa shape index (κ2) is 9.29. The summed E-state index contributed by atoms with van der Waals surface area (Å²) < 4.78 is 0. The van der Waals surface area contributed by atoms with Crippen molar-refractivity contribution >= 4 is 52.1 Å². The fraction of sp³-hybridized carbons (Fsp3) is 0.167. The summed E-state index contributed by atoms with van der Waals surface area (Å²) in [4.78, 5) is 34.2. The van der Waals surface area contributed by atoms with E-state index in [4.69, 9.17) is 23.2 Å². The SMILES string of the molecule is C/C(CC(=O)Nc1ccc(C)c(Cl)c1)=N/NC(=O)c1ccc([N+](=O)[O-])c(Cl)c1. The maximum Gasteiger partial charge on any atom is 0.287 e. The molecule has 28 heavy (non-hydrogen) atoms. The van der Waals surface area contributed by atoms with Gasteiger partial charge in [-0.1, -0.05) is 29.3 Å². The molecular formula is C18H16Cl2N4O4. The quantitative estimate of drug-likeness (QED) is 0.409. The summed E-state index contributed by atoms with van der Waals surface area (Å²) in [5, 5.41) is 17.7. The molecule has 0 radical (unpaired) electrons. The number of nitro groups is 1. The second-order valence-electron chi connectivity index (χ2n) is 5.90. The molecule has 0 heterocycles. The molecule has 0 saturated heterocycles. The van der Waals surface area contributed by atoms with Crippen LogP contribution in [0.1, 0.15) is 29.3 Å². The summed E-state index contributed by atoms with van der Waals surface area (Å²) in [6, 6.07) is 8.72. The van der Waals surface area contributed by atoms with Gasteiger partial charge in [-0.3, -0.25) is 19.7 Å². The van der Waals surface area contributed by atoms with E-state index in [1.165, 1.54) is 12.1 Å². The van der Waals surface area contributed by atoms with Crippen molar-refractivity contribution in [1.82, 2.24) is 5.43 Å². The van der Waals surface area contributed by atoms with Crippen LogP contribution in [0.15, 0.2) is 41.5 Å². The van der Waals surface area contributed by atoms with Gasteiger partial charge in [0.1, 0.15) is 5.02 Å². The van der Waals surface area contributed by atoms with Gasteiger partial charge >= 0.3 is 0 Å². The van der Waals surface area contributed by atoms with Crippen molar-refractivity contribution in [3.63, 3.8) is 0 Å². The van der Waals surface area contributed by atoms with Gasteiger partial charge in [-0.15, -0.1) is 0 Å². The Morgan fingerprint density at radius 2 is 1.86 bits per heavy atom. The van der Waals surface area contributed by atoms with Gasteiger partial charge < -0.3 is 5.32 Å². The van der Waals surface area contributed by atoms with Crippen LogP contribution in [0.25, 0.3) is 0 Å². The summed E-state index contributed by atoms with van der Waals surface area (Å²) in [6.45, 7) is 3.43. The van der Waals surface area contributed by atoms with Gasteiger partial charge in [0.05, 0.1) is 11.3 Å². The van der Waals surface area contributed by atoms with Crippen LogP contribution < -0.4 is 10.7 Å². The number of nitro benzene ring substituents is 1. The lowest BCUT2D eigenvalue weighted by atomic mass is 10.2. The first-order valence-electron chi connectivity index (χ1n) is 8.01. The molecule has 0 atom stereocenters. The molecule has 0 aliphatic heterocycles. The number of hydrogen-bond donors (Lipinski definition) is 2. The molecule has 0 fully saturated rings. The smallest absolute Gasteiger partial charge is 0.287 e. The number of amides is 2. The number of rotatable bonds is 6. The molecular weight excluding hydrogens is 407 g/mol. The zero-order valence-corrected chi connectivity index (χ0v) is 16.5. The molecule has 2 rings (SSSR count). The largest absolute Gasteiger partial charge is 0.326 e. The molecule has 10 heteroatoms. The molecule has 146 valence electrons. The van der Waals surface area contributed by atoms with E-state index in [0.717, 1.165) is 11.6 Å². The van der Waals surface area contributed by atoms with Gasteiger partial charge in [-0.25, -0.2) is 5.43 Å². The molecule has 2 aromatic rings. The van der Waals surface area contributed by atoms with Crippen LogP contribution >= 0.6 is 23.2 Å². The Morgan fingerprint density at radius 1 is 1.14 bits per heavy atom. The zero-order chi connectivity index (χ0) is 20.8. The normalized spacial score (nSPS) is 11.1. The average Bonchev–Trinajstić information content (AvgIpc) is 2.62. The van der Waals surface area contributed by atoms with E-state index >= 15 is 0 Å². The third-order valence-corrected chi connectivity index (χ3v) is 4.34. The van der Waals surface area contributed by atoms with Gasteiger partial charge in [0.25, 0.3) is 11.6 Å². The lowest BCUT2D eigenvalue weighted by molar-refractivity contribution is -0.384. The van der Waals surface area contributed by atoms with E-state index in [2.05, 4.69) is 15.8 Å². The number of carbonyl (C=O) groups is 2. The van der Waals surface area contributed by atoms with Crippen LogP contribution in [0.2, 0.25) is 10.0 Å². The fourth-order valence-electron chi connectivity index (χ4n) is 2.15. The first kappa shape index (κ1) is 21.3. The number of aryl methyl sites for hydroxylation is 1. The highest BCUT2D eigenvalue weighted by Crippen LogP contribution is 2.25. The third-order valence-electron chi connectivity index (χ3n) is 3.63. The number of hydrazone groups is 1. The Morgan fingerprint density at radius 3 is 2.46 bits per heavy atom. The molecule has 0 aliphatic rings. The molecule has 2 amide bonds. The molecule has 0 bridgehead atoms. The number of carbonyl (C=O) groups excluding carboxylic acids is 2. The van der Waals surface area contributed by atoms with Gasteiger partial charge in [0.15, 0.2) is 0 Å². The van der Waals surface area contributed by atoms with Crippen molar-refractivity contribution in [3.8, 4) is 0 Å². The van der Waals surface area contributed by atoms with E-state index < -0.39 is 10.8 Å². The predicted molar refractivity (Wildman–Crippen MR) is 108 cm³/mol. The Hall–Kier alpha value is -2.97. The third kappa shape index (κ3) is 5.77. The molecule has 0 aromatic heterocycles. The maximum absolute atomic E-state index is 12.1. The Balaban J connectivity index is 1.95. The van der Waals surface area contributed by atoms with Crippen LogP contribution in [-0.4, -0.2) is 22.4 Å². The van der Waals surface area contributed by atoms with Crippen LogP contribution in [0.5, 0.6) is 0 Å². The number of anilines is 1. The van der Waals surface area contributed by atoms with E-state index in [1.807, 2.05) is 6.92 Å². The zero-order valence-electron chi connectivity index (χ0n) is 15.0. The standard InChI is InChI=1S/C18H16Cl2N4O4/c1-10-3-5-13(9-14(10)19)21-17(25)7-11(2)22-23-18(26)12-4-6-16(24(27)28)15(20)8-12/h3-6,8-9H,7H2,1-2H3,(H,21,25)(H,23,26)/b22-11-.